The summed E-state index contributed by atoms with van der Waals surface area (Å²) < 4.78 is 58.3. The van der Waals surface area contributed by atoms with Crippen molar-refractivity contribution in [3.05, 3.63) is 24.2 Å². The molecule has 0 saturated heterocycles. The summed E-state index contributed by atoms with van der Waals surface area (Å²) in [7, 11) is -0.668. The highest BCUT2D eigenvalue weighted by atomic mass is 32.2. The van der Waals surface area contributed by atoms with Crippen molar-refractivity contribution in [2.45, 2.75) is 54.0 Å². The molecule has 0 amide bonds. The molecule has 0 N–H and O–H groups in total. The standard InChI is InChI=1S/C23H31FN2O6S2/c1-5-31-22(27)17(24)14-32-19-9-21-18(8-20(19)33-4)26(23-10-15(11-23)12-23)13-16(6-7-30-3)25(2)34(21,28)29/h8-9,14-16H,5-7,10-13H2,1-4H3/b17-14-/t15?,16-,23?/m1/s1. The zero-order valence-corrected chi connectivity index (χ0v) is 21.5. The van der Waals surface area contributed by atoms with Crippen LogP contribution < -0.4 is 9.64 Å². The van der Waals surface area contributed by atoms with E-state index in [1.165, 1.54) is 22.1 Å². The van der Waals surface area contributed by atoms with Gasteiger partial charge in [-0.1, -0.05) is 0 Å². The molecule has 2 bridgehead atoms. The number of nitrogens with zero attached hydrogens (tertiary/aromatic N) is 2. The van der Waals surface area contributed by atoms with Gasteiger partial charge in [-0.15, -0.1) is 11.8 Å². The smallest absolute Gasteiger partial charge is 0.370 e. The highest BCUT2D eigenvalue weighted by molar-refractivity contribution is 7.98. The zero-order chi connectivity index (χ0) is 24.7. The van der Waals surface area contributed by atoms with E-state index in [0.717, 1.165) is 25.2 Å². The van der Waals surface area contributed by atoms with Gasteiger partial charge in [0.25, 0.3) is 0 Å². The summed E-state index contributed by atoms with van der Waals surface area (Å²) in [6.07, 6.45) is 6.26. The van der Waals surface area contributed by atoms with Crippen molar-refractivity contribution in [1.82, 2.24) is 4.31 Å². The third-order valence-electron chi connectivity index (χ3n) is 7.09. The number of ether oxygens (including phenoxy) is 3. The molecule has 4 aliphatic rings. The number of rotatable bonds is 9. The van der Waals surface area contributed by atoms with E-state index in [1.807, 2.05) is 12.3 Å². The maximum Gasteiger partial charge on any atom is 0.370 e. The Morgan fingerprint density at radius 3 is 2.59 bits per heavy atom. The summed E-state index contributed by atoms with van der Waals surface area (Å²) in [6.45, 7) is 2.63. The molecule has 0 unspecified atom stereocenters. The Bertz CT molecular complexity index is 1080. The number of esters is 1. The minimum absolute atomic E-state index is 0.0145. The van der Waals surface area contributed by atoms with Crippen molar-refractivity contribution in [2.24, 2.45) is 5.92 Å². The lowest BCUT2D eigenvalue weighted by atomic mass is 9.49. The lowest BCUT2D eigenvalue weighted by Crippen LogP contribution is -2.69. The molecule has 0 aromatic heterocycles. The van der Waals surface area contributed by atoms with Crippen LogP contribution in [0.25, 0.3) is 0 Å². The van der Waals surface area contributed by atoms with Crippen LogP contribution in [0.4, 0.5) is 10.1 Å². The molecule has 1 aliphatic heterocycles. The number of likely N-dealkylation sites (N-methyl/N-ethyl adjacent to an activating group) is 1. The molecule has 3 fully saturated rings. The van der Waals surface area contributed by atoms with E-state index < -0.39 is 21.8 Å². The Morgan fingerprint density at radius 1 is 1.32 bits per heavy atom. The molecule has 3 saturated carbocycles. The first-order valence-electron chi connectivity index (χ1n) is 11.3. The number of hydrogen-bond donors (Lipinski definition) is 0. The molecule has 0 spiro atoms. The predicted molar refractivity (Wildman–Crippen MR) is 127 cm³/mol. The van der Waals surface area contributed by atoms with Crippen LogP contribution in [0.15, 0.2) is 34.0 Å². The molecule has 1 aromatic rings. The molecule has 11 heteroatoms. The normalized spacial score (nSPS) is 27.8. The van der Waals surface area contributed by atoms with Crippen LogP contribution in [-0.4, -0.2) is 70.4 Å². The van der Waals surface area contributed by atoms with Crippen molar-refractivity contribution in [3.8, 4) is 5.75 Å². The van der Waals surface area contributed by atoms with E-state index in [0.29, 0.717) is 36.4 Å². The first kappa shape index (κ1) is 25.3. The Labute approximate surface area is 204 Å². The zero-order valence-electron chi connectivity index (χ0n) is 19.9. The largest absolute Gasteiger partial charge is 0.461 e. The quantitative estimate of drug-likeness (QED) is 0.214. The highest BCUT2D eigenvalue weighted by Crippen LogP contribution is 2.62. The summed E-state index contributed by atoms with van der Waals surface area (Å²) in [6, 6.07) is 3.00. The van der Waals surface area contributed by atoms with Gasteiger partial charge in [-0.2, -0.15) is 8.70 Å². The van der Waals surface area contributed by atoms with Gasteiger partial charge in [0.1, 0.15) is 16.9 Å². The lowest BCUT2D eigenvalue weighted by Gasteiger charge is -2.67. The average molecular weight is 515 g/mol. The summed E-state index contributed by atoms with van der Waals surface area (Å²) in [5.41, 5.74) is 0.635. The molecule has 5 rings (SSSR count). The molecule has 0 radical (unpaired) electrons. The molecule has 1 aromatic carbocycles. The number of carbonyl (C=O) groups excluding carboxylic acids is 1. The molecular formula is C23H31FN2O6S2. The van der Waals surface area contributed by atoms with E-state index in [1.54, 1.807) is 21.1 Å². The maximum absolute atomic E-state index is 14.1. The molecule has 1 heterocycles. The molecule has 34 heavy (non-hydrogen) atoms. The maximum atomic E-state index is 14.1. The molecule has 8 nitrogen and oxygen atoms in total. The van der Waals surface area contributed by atoms with Gasteiger partial charge in [-0.25, -0.2) is 13.2 Å². The monoisotopic (exact) mass is 514 g/mol. The van der Waals surface area contributed by atoms with E-state index in [9.17, 15) is 17.6 Å². The van der Waals surface area contributed by atoms with Gasteiger partial charge in [-0.05, 0) is 50.8 Å². The number of thioether (sulfide) groups is 1. The molecule has 188 valence electrons. The van der Waals surface area contributed by atoms with Gasteiger partial charge in [-0.3, -0.25) is 0 Å². The number of fused-ring (bicyclic) bond motifs is 1. The van der Waals surface area contributed by atoms with Crippen LogP contribution >= 0.6 is 11.8 Å². The number of sulfonamides is 1. The number of benzene rings is 1. The van der Waals surface area contributed by atoms with Crippen molar-refractivity contribution >= 4 is 33.4 Å². The van der Waals surface area contributed by atoms with Crippen LogP contribution in [0, 0.1) is 5.92 Å². The number of anilines is 1. The first-order valence-corrected chi connectivity index (χ1v) is 14.0. The molecular weight excluding hydrogens is 483 g/mol. The van der Waals surface area contributed by atoms with E-state index in [4.69, 9.17) is 9.47 Å². The Kier molecular flexibility index (Phi) is 7.19. The second-order valence-corrected chi connectivity index (χ2v) is 11.9. The second-order valence-electron chi connectivity index (χ2n) is 9.04. The summed E-state index contributed by atoms with van der Waals surface area (Å²) in [5, 5.41) is 0. The van der Waals surface area contributed by atoms with Crippen LogP contribution in [0.5, 0.6) is 5.75 Å². The van der Waals surface area contributed by atoms with Crippen LogP contribution in [-0.2, 0) is 24.3 Å². The first-order chi connectivity index (χ1) is 16.2. The van der Waals surface area contributed by atoms with E-state index in [-0.39, 0.29) is 28.8 Å². The minimum Gasteiger partial charge on any atom is -0.461 e. The molecule has 1 atom stereocenters. The van der Waals surface area contributed by atoms with Crippen molar-refractivity contribution in [2.75, 3.05) is 45.1 Å². The fraction of sp³-hybridized carbons (Fsp3) is 0.609. The van der Waals surface area contributed by atoms with Gasteiger partial charge in [0, 0.05) is 45.0 Å². The Hall–Kier alpha value is -1.82. The van der Waals surface area contributed by atoms with Crippen molar-refractivity contribution in [3.63, 3.8) is 0 Å². The fourth-order valence-corrected chi connectivity index (χ4v) is 7.18. The summed E-state index contributed by atoms with van der Waals surface area (Å²) in [4.78, 5) is 14.6. The third-order valence-corrected chi connectivity index (χ3v) is 9.79. The summed E-state index contributed by atoms with van der Waals surface area (Å²) >= 11 is 1.36. The Morgan fingerprint density at radius 2 is 2.03 bits per heavy atom. The topological polar surface area (TPSA) is 85.4 Å². The number of halogens is 1. The fourth-order valence-electron chi connectivity index (χ4n) is 5.08. The van der Waals surface area contributed by atoms with Crippen LogP contribution in [0.3, 0.4) is 0 Å². The van der Waals surface area contributed by atoms with Gasteiger partial charge >= 0.3 is 5.97 Å². The third kappa shape index (κ3) is 4.31. The van der Waals surface area contributed by atoms with Crippen LogP contribution in [0.2, 0.25) is 0 Å². The van der Waals surface area contributed by atoms with Gasteiger partial charge in [0.15, 0.2) is 0 Å². The SMILES string of the molecule is CCOC(=O)/C(F)=C/Oc1cc2c(cc1SC)N(C13CC(C1)C3)C[C@@H](CCOC)N(C)S2(=O)=O. The van der Waals surface area contributed by atoms with Crippen LogP contribution in [0.1, 0.15) is 32.6 Å². The van der Waals surface area contributed by atoms with Crippen molar-refractivity contribution in [1.29, 1.82) is 0 Å². The van der Waals surface area contributed by atoms with Gasteiger partial charge in [0.2, 0.25) is 15.9 Å². The number of carbonyl (C=O) groups is 1. The van der Waals surface area contributed by atoms with Crippen molar-refractivity contribution < 1.29 is 31.8 Å². The highest BCUT2D eigenvalue weighted by Gasteiger charge is 2.61. The lowest BCUT2D eigenvalue weighted by molar-refractivity contribution is -0.140. The number of methoxy groups -OCH3 is 1. The van der Waals surface area contributed by atoms with Gasteiger partial charge < -0.3 is 19.1 Å². The summed E-state index contributed by atoms with van der Waals surface area (Å²) in [5.74, 6) is -1.45. The minimum atomic E-state index is -3.87. The Balaban J connectivity index is 1.77. The van der Waals surface area contributed by atoms with E-state index in [2.05, 4.69) is 9.64 Å². The molecule has 3 aliphatic carbocycles. The van der Waals surface area contributed by atoms with Gasteiger partial charge in [0.05, 0.1) is 17.2 Å². The average Bonchev–Trinajstić information content (AvgIpc) is 2.82. The predicted octanol–water partition coefficient (Wildman–Crippen LogP) is 3.56. The number of hydrogen-bond acceptors (Lipinski definition) is 8. The van der Waals surface area contributed by atoms with E-state index >= 15 is 0 Å². The second kappa shape index (κ2) is 9.67.